The van der Waals surface area contributed by atoms with Crippen molar-refractivity contribution in [3.63, 3.8) is 0 Å². The van der Waals surface area contributed by atoms with Gasteiger partial charge in [0.1, 0.15) is 11.9 Å². The Morgan fingerprint density at radius 2 is 2.00 bits per heavy atom. The summed E-state index contributed by atoms with van der Waals surface area (Å²) in [5.74, 6) is 0.852. The van der Waals surface area contributed by atoms with Crippen LogP contribution in [-0.4, -0.2) is 33.4 Å². The van der Waals surface area contributed by atoms with E-state index in [9.17, 15) is 4.79 Å². The molecule has 2 N–H and O–H groups in total. The minimum atomic E-state index is -0.342. The van der Waals surface area contributed by atoms with Gasteiger partial charge in [-0.25, -0.2) is 4.98 Å². The van der Waals surface area contributed by atoms with E-state index >= 15 is 0 Å². The lowest BCUT2D eigenvalue weighted by molar-refractivity contribution is -0.123. The van der Waals surface area contributed by atoms with E-state index in [1.54, 1.807) is 0 Å². The number of nitrogens with zero attached hydrogens (tertiary/aromatic N) is 3. The van der Waals surface area contributed by atoms with Crippen LogP contribution in [-0.2, 0) is 17.6 Å². The van der Waals surface area contributed by atoms with Crippen molar-refractivity contribution in [3.05, 3.63) is 53.1 Å². The monoisotopic (exact) mass is 338 g/mol. The molecule has 1 aromatic carbocycles. The van der Waals surface area contributed by atoms with Crippen molar-refractivity contribution in [1.82, 2.24) is 14.5 Å². The molecule has 0 saturated carbocycles. The van der Waals surface area contributed by atoms with Crippen LogP contribution < -0.4 is 5.73 Å². The number of amides is 1. The molecule has 1 amide bonds. The predicted molar refractivity (Wildman–Crippen MR) is 97.2 cm³/mol. The Balaban J connectivity index is 1.59. The Morgan fingerprint density at radius 3 is 2.76 bits per heavy atom. The molecule has 25 heavy (non-hydrogen) atoms. The Kier molecular flexibility index (Phi) is 4.34. The third kappa shape index (κ3) is 2.97. The van der Waals surface area contributed by atoms with E-state index in [4.69, 9.17) is 10.7 Å². The number of imidazole rings is 1. The third-order valence-electron chi connectivity index (χ3n) is 5.66. The molecule has 5 heteroatoms. The Hall–Kier alpha value is -2.14. The number of rotatable bonds is 4. The summed E-state index contributed by atoms with van der Waals surface area (Å²) < 4.78 is 2.44. The van der Waals surface area contributed by atoms with Crippen LogP contribution in [0, 0.1) is 6.92 Å². The summed E-state index contributed by atoms with van der Waals surface area (Å²) in [4.78, 5) is 19.2. The summed E-state index contributed by atoms with van der Waals surface area (Å²) in [6.07, 6.45) is 5.78. The summed E-state index contributed by atoms with van der Waals surface area (Å²) in [6, 6.07) is 9.94. The first-order valence-corrected chi connectivity index (χ1v) is 9.30. The van der Waals surface area contributed by atoms with Gasteiger partial charge >= 0.3 is 0 Å². The van der Waals surface area contributed by atoms with Crippen molar-refractivity contribution < 1.29 is 4.79 Å². The molecule has 1 saturated heterocycles. The molecule has 1 fully saturated rings. The first-order chi connectivity index (χ1) is 12.1. The number of aromatic nitrogens is 2. The van der Waals surface area contributed by atoms with Crippen LogP contribution in [0.5, 0.6) is 0 Å². The van der Waals surface area contributed by atoms with Gasteiger partial charge in [-0.1, -0.05) is 30.3 Å². The number of carbonyl (C=O) groups is 1. The SMILES string of the molecule is Cc1nc2c(n1[C@H]1CCN([C@H](C(N)=O)c3ccccc3)C1)CCCC2. The maximum atomic E-state index is 12.1. The van der Waals surface area contributed by atoms with Gasteiger partial charge < -0.3 is 10.3 Å². The fourth-order valence-corrected chi connectivity index (χ4v) is 4.59. The standard InChI is InChI=1S/C20H26N4O/c1-14-22-17-9-5-6-10-18(17)24(14)16-11-12-23(13-16)19(20(21)25)15-7-3-2-4-8-15/h2-4,7-8,16,19H,5-6,9-13H2,1H3,(H2,21,25)/t16-,19-/m0/s1. The van der Waals surface area contributed by atoms with Gasteiger partial charge in [-0.05, 0) is 44.6 Å². The first-order valence-electron chi connectivity index (χ1n) is 9.30. The molecule has 2 atom stereocenters. The number of likely N-dealkylation sites (tertiary alicyclic amines) is 1. The molecule has 132 valence electrons. The number of carbonyl (C=O) groups excluding carboxylic acids is 1. The van der Waals surface area contributed by atoms with E-state index in [1.807, 2.05) is 30.3 Å². The molecule has 0 unspecified atom stereocenters. The maximum absolute atomic E-state index is 12.1. The van der Waals surface area contributed by atoms with Gasteiger partial charge in [0, 0.05) is 24.8 Å². The molecule has 1 aromatic heterocycles. The zero-order chi connectivity index (χ0) is 17.4. The van der Waals surface area contributed by atoms with Crippen LogP contribution in [0.3, 0.4) is 0 Å². The number of aryl methyl sites for hydroxylation is 2. The predicted octanol–water partition coefficient (Wildman–Crippen LogP) is 2.54. The zero-order valence-corrected chi connectivity index (χ0v) is 14.8. The molecule has 1 aliphatic carbocycles. The fourth-order valence-electron chi connectivity index (χ4n) is 4.59. The molecule has 4 rings (SSSR count). The normalized spacial score (nSPS) is 21.9. The van der Waals surface area contributed by atoms with Crippen LogP contribution in [0.4, 0.5) is 0 Å². The number of fused-ring (bicyclic) bond motifs is 1. The second kappa shape index (κ2) is 6.64. The van der Waals surface area contributed by atoms with Crippen LogP contribution in [0.1, 0.15) is 54.1 Å². The highest BCUT2D eigenvalue weighted by Gasteiger charge is 2.35. The third-order valence-corrected chi connectivity index (χ3v) is 5.66. The van der Waals surface area contributed by atoms with Crippen LogP contribution >= 0.6 is 0 Å². The molecule has 1 aliphatic heterocycles. The molecular weight excluding hydrogens is 312 g/mol. The topological polar surface area (TPSA) is 64.2 Å². The lowest BCUT2D eigenvalue weighted by Crippen LogP contribution is -2.36. The second-order valence-electron chi connectivity index (χ2n) is 7.28. The highest BCUT2D eigenvalue weighted by molar-refractivity contribution is 5.81. The molecule has 2 aromatic rings. The summed E-state index contributed by atoms with van der Waals surface area (Å²) in [5.41, 5.74) is 9.45. The van der Waals surface area contributed by atoms with Gasteiger partial charge in [-0.3, -0.25) is 9.69 Å². The fraction of sp³-hybridized carbons (Fsp3) is 0.500. The zero-order valence-electron chi connectivity index (χ0n) is 14.8. The lowest BCUT2D eigenvalue weighted by atomic mass is 10.0. The molecule has 0 radical (unpaired) electrons. The van der Waals surface area contributed by atoms with Crippen molar-refractivity contribution in [1.29, 1.82) is 0 Å². The summed E-state index contributed by atoms with van der Waals surface area (Å²) in [5, 5.41) is 0. The van der Waals surface area contributed by atoms with Crippen LogP contribution in [0.15, 0.2) is 30.3 Å². The number of hydrogen-bond donors (Lipinski definition) is 1. The number of nitrogens with two attached hydrogens (primary N) is 1. The molecule has 0 bridgehead atoms. The van der Waals surface area contributed by atoms with Gasteiger partial charge in [0.2, 0.25) is 5.91 Å². The van der Waals surface area contributed by atoms with Gasteiger partial charge in [0.15, 0.2) is 0 Å². The van der Waals surface area contributed by atoms with Gasteiger partial charge in [0.05, 0.1) is 5.69 Å². The van der Waals surface area contributed by atoms with Gasteiger partial charge in [-0.15, -0.1) is 0 Å². The van der Waals surface area contributed by atoms with E-state index in [0.717, 1.165) is 43.7 Å². The van der Waals surface area contributed by atoms with Crippen LogP contribution in [0.2, 0.25) is 0 Å². The summed E-state index contributed by atoms with van der Waals surface area (Å²) in [6.45, 7) is 3.86. The highest BCUT2D eigenvalue weighted by Crippen LogP contribution is 2.34. The smallest absolute Gasteiger partial charge is 0.239 e. The number of primary amides is 1. The minimum Gasteiger partial charge on any atom is -0.368 e. The summed E-state index contributed by atoms with van der Waals surface area (Å²) >= 11 is 0. The first kappa shape index (κ1) is 16.3. The van der Waals surface area contributed by atoms with E-state index in [0.29, 0.717) is 6.04 Å². The van der Waals surface area contributed by atoms with Crippen molar-refractivity contribution in [3.8, 4) is 0 Å². The number of benzene rings is 1. The van der Waals surface area contributed by atoms with E-state index in [2.05, 4.69) is 16.4 Å². The molecular formula is C20H26N4O. The van der Waals surface area contributed by atoms with Crippen molar-refractivity contribution in [2.24, 2.45) is 5.73 Å². The quantitative estimate of drug-likeness (QED) is 0.932. The van der Waals surface area contributed by atoms with Gasteiger partial charge in [-0.2, -0.15) is 0 Å². The Morgan fingerprint density at radius 1 is 1.24 bits per heavy atom. The Labute approximate surface area is 148 Å². The average molecular weight is 338 g/mol. The molecule has 2 heterocycles. The molecule has 2 aliphatic rings. The van der Waals surface area contributed by atoms with E-state index < -0.39 is 0 Å². The lowest BCUT2D eigenvalue weighted by Gasteiger charge is -2.26. The van der Waals surface area contributed by atoms with E-state index in [1.165, 1.54) is 24.2 Å². The van der Waals surface area contributed by atoms with Crippen molar-refractivity contribution in [2.45, 2.75) is 51.1 Å². The molecule has 0 spiro atoms. The molecule has 5 nitrogen and oxygen atoms in total. The Bertz CT molecular complexity index is 768. The second-order valence-corrected chi connectivity index (χ2v) is 7.28. The van der Waals surface area contributed by atoms with Gasteiger partial charge in [0.25, 0.3) is 0 Å². The average Bonchev–Trinajstić information content (AvgIpc) is 3.19. The maximum Gasteiger partial charge on any atom is 0.239 e. The van der Waals surface area contributed by atoms with Crippen molar-refractivity contribution in [2.75, 3.05) is 13.1 Å². The number of hydrogen-bond acceptors (Lipinski definition) is 3. The highest BCUT2D eigenvalue weighted by atomic mass is 16.1. The largest absolute Gasteiger partial charge is 0.368 e. The van der Waals surface area contributed by atoms with Crippen LogP contribution in [0.25, 0.3) is 0 Å². The summed E-state index contributed by atoms with van der Waals surface area (Å²) in [7, 11) is 0. The van der Waals surface area contributed by atoms with E-state index in [-0.39, 0.29) is 11.9 Å². The minimum absolute atomic E-state index is 0.267. The van der Waals surface area contributed by atoms with Crippen molar-refractivity contribution >= 4 is 5.91 Å².